The summed E-state index contributed by atoms with van der Waals surface area (Å²) in [5.74, 6) is 0.798. The van der Waals surface area contributed by atoms with E-state index in [0.29, 0.717) is 58.0 Å². The van der Waals surface area contributed by atoms with E-state index in [1.165, 1.54) is 22.3 Å². The number of piperidine rings is 3. The van der Waals surface area contributed by atoms with Crippen LogP contribution in [0.4, 0.5) is 17.1 Å². The number of hydrogen-bond acceptors (Lipinski definition) is 12. The number of rotatable bonds is 24. The van der Waals surface area contributed by atoms with Gasteiger partial charge in [-0.3, -0.25) is 24.0 Å². The van der Waals surface area contributed by atoms with Gasteiger partial charge in [-0.05, 0) is 154 Å². The molecule has 6 fully saturated rings. The molecule has 9 aromatic rings. The summed E-state index contributed by atoms with van der Waals surface area (Å²) >= 11 is 0. The molecule has 0 bridgehead atoms. The van der Waals surface area contributed by atoms with Crippen LogP contribution in [-0.4, -0.2) is 195 Å². The molecule has 0 radical (unpaired) electrons. The van der Waals surface area contributed by atoms with E-state index in [1.807, 2.05) is 110 Å². The molecular weight excluding hydrogens is 1380 g/mol. The van der Waals surface area contributed by atoms with Gasteiger partial charge in [-0.15, -0.1) is 0 Å². The number of likely N-dealkylation sites (tertiary alicyclic amines) is 3. The summed E-state index contributed by atoms with van der Waals surface area (Å²) in [7, 11) is 3.68. The molecular formula is C94H107N11O6. The van der Waals surface area contributed by atoms with Crippen molar-refractivity contribution in [2.24, 2.45) is 0 Å². The maximum absolute atomic E-state index is 13.9. The molecule has 15 rings (SSSR count). The number of amides is 4. The van der Waals surface area contributed by atoms with Gasteiger partial charge in [-0.2, -0.15) is 0 Å². The summed E-state index contributed by atoms with van der Waals surface area (Å²) in [5, 5.41) is 3.09. The molecule has 574 valence electrons. The van der Waals surface area contributed by atoms with E-state index in [-0.39, 0.29) is 36.1 Å². The maximum atomic E-state index is 13.9. The second kappa shape index (κ2) is 36.7. The highest BCUT2D eigenvalue weighted by molar-refractivity contribution is 5.97. The lowest BCUT2D eigenvalue weighted by Gasteiger charge is -2.44. The third-order valence-electron chi connectivity index (χ3n) is 24.1. The molecule has 3 spiro atoms. The van der Waals surface area contributed by atoms with Crippen molar-refractivity contribution in [2.45, 2.75) is 98.6 Å². The second-order valence-corrected chi connectivity index (χ2v) is 30.5. The van der Waals surface area contributed by atoms with Crippen LogP contribution in [0.3, 0.4) is 0 Å². The second-order valence-electron chi connectivity index (χ2n) is 30.5. The van der Waals surface area contributed by atoms with E-state index >= 15 is 0 Å². The zero-order chi connectivity index (χ0) is 77.1. The van der Waals surface area contributed by atoms with Gasteiger partial charge in [-0.1, -0.05) is 237 Å². The molecule has 9 aromatic carbocycles. The SMILES string of the molecule is CCOC(=O)CN1CN(c2ccccc2)C2(CCN(CCC(c3ccccc3)c3ccccc3)CC2)C1=O.CN(C)C(=O)C(CCN1CCC2(CC1)C(=O)NCN2c1ccccc1)(c1ccccc1)c1ccccc1.[C-]#[N+]CCN1CN(c2ccccc2)C2(CCN(CCC(c3ccccc3)c3ccccc3)CC2)C1=O. The van der Waals surface area contributed by atoms with Crippen LogP contribution < -0.4 is 20.0 Å². The van der Waals surface area contributed by atoms with Crippen LogP contribution in [0.2, 0.25) is 0 Å². The molecule has 6 heterocycles. The number of nitrogens with one attached hydrogen (secondary N) is 1. The van der Waals surface area contributed by atoms with Gasteiger partial charge in [0.05, 0.1) is 33.2 Å². The van der Waals surface area contributed by atoms with E-state index < -0.39 is 22.0 Å². The van der Waals surface area contributed by atoms with Crippen molar-refractivity contribution < 1.29 is 28.7 Å². The monoisotopic (exact) mass is 1490 g/mol. The van der Waals surface area contributed by atoms with Crippen molar-refractivity contribution in [1.29, 1.82) is 0 Å². The Morgan fingerprint density at radius 2 is 0.784 bits per heavy atom. The maximum Gasteiger partial charge on any atom is 0.325 e. The molecule has 0 unspecified atom stereocenters. The summed E-state index contributed by atoms with van der Waals surface area (Å²) in [6.45, 7) is 19.5. The summed E-state index contributed by atoms with van der Waals surface area (Å²) in [5.41, 5.74) is 8.20. The van der Waals surface area contributed by atoms with Crippen molar-refractivity contribution in [3.05, 3.63) is 318 Å². The third-order valence-corrected chi connectivity index (χ3v) is 24.1. The lowest BCUT2D eigenvalue weighted by Crippen LogP contribution is -2.57. The number of ether oxygens (including phenoxy) is 1. The van der Waals surface area contributed by atoms with Crippen molar-refractivity contribution in [3.8, 4) is 0 Å². The van der Waals surface area contributed by atoms with Gasteiger partial charge in [0.25, 0.3) is 5.91 Å². The third kappa shape index (κ3) is 17.5. The molecule has 17 heteroatoms. The molecule has 0 aromatic heterocycles. The van der Waals surface area contributed by atoms with Crippen molar-refractivity contribution in [2.75, 3.05) is 134 Å². The normalized spacial score (nSPS) is 17.5. The van der Waals surface area contributed by atoms with Gasteiger partial charge in [-0.25, -0.2) is 6.57 Å². The topological polar surface area (TPSA) is 140 Å². The van der Waals surface area contributed by atoms with Gasteiger partial charge < -0.3 is 59.0 Å². The Kier molecular flexibility index (Phi) is 25.9. The fourth-order valence-electron chi connectivity index (χ4n) is 18.1. The molecule has 0 aliphatic carbocycles. The predicted octanol–water partition coefficient (Wildman–Crippen LogP) is 14.1. The Morgan fingerprint density at radius 1 is 0.450 bits per heavy atom. The molecule has 6 aliphatic rings. The fraction of sp³-hybridized carbons (Fsp3) is 0.362. The number of anilines is 3. The minimum absolute atomic E-state index is 0.00268. The average Bonchev–Trinajstić information content (AvgIpc) is 1.70. The van der Waals surface area contributed by atoms with Crippen LogP contribution in [0.15, 0.2) is 273 Å². The molecule has 111 heavy (non-hydrogen) atoms. The van der Waals surface area contributed by atoms with Crippen molar-refractivity contribution in [1.82, 2.24) is 34.7 Å². The smallest absolute Gasteiger partial charge is 0.325 e. The van der Waals surface area contributed by atoms with Crippen LogP contribution in [0, 0.1) is 6.57 Å². The van der Waals surface area contributed by atoms with Crippen LogP contribution in [0.5, 0.6) is 0 Å². The standard InChI is InChI=1S/C32H37N3O3.C31H36N4O2.C31H34N4O/c1-2-38-30(36)24-34-25-35(28-16-10-5-11-17-28)32(31(34)37)19-22-33(23-20-32)21-18-29(26-12-6-3-7-13-26)27-14-8-4-9-15-27;1-33(2)29(37)31(25-12-6-3-7-13-25,26-14-8-4-9-15-26)20-23-34-21-18-30(19-22-34)28(36)32-24-35(30)27-16-10-5-11-17-27;1-32-20-24-34-25-35(28-15-9-4-10-16-28)31(30(34)36)18-22-33(23-19-31)21-17-29(26-11-5-2-6-12-26)27-13-7-3-8-14-27/h3-17,29H,2,18-25H2,1H3;3-17H,18-24H2,1-2H3,(H,32,36);2-16,29H,17-25H2. The van der Waals surface area contributed by atoms with Crippen LogP contribution in [0.25, 0.3) is 4.85 Å². The minimum atomic E-state index is -0.776. The first-order valence-electron chi connectivity index (χ1n) is 39.8. The highest BCUT2D eigenvalue weighted by Crippen LogP contribution is 2.44. The number of carbonyl (C=O) groups is 5. The Labute approximate surface area is 656 Å². The summed E-state index contributed by atoms with van der Waals surface area (Å²) < 4.78 is 5.15. The van der Waals surface area contributed by atoms with E-state index in [0.717, 1.165) is 138 Å². The Morgan fingerprint density at radius 3 is 1.15 bits per heavy atom. The van der Waals surface area contributed by atoms with E-state index in [2.05, 4.69) is 222 Å². The Hall–Kier alpha value is -10.9. The molecule has 0 atom stereocenters. The molecule has 6 aliphatic heterocycles. The molecule has 17 nitrogen and oxygen atoms in total. The predicted molar refractivity (Wildman–Crippen MR) is 442 cm³/mol. The van der Waals surface area contributed by atoms with Crippen molar-refractivity contribution in [3.63, 3.8) is 0 Å². The highest BCUT2D eigenvalue weighted by Gasteiger charge is 2.56. The first kappa shape index (κ1) is 78.2. The van der Waals surface area contributed by atoms with Gasteiger partial charge in [0.15, 0.2) is 0 Å². The van der Waals surface area contributed by atoms with Gasteiger partial charge in [0.1, 0.15) is 28.6 Å². The number of hydrogen-bond donors (Lipinski definition) is 1. The van der Waals surface area contributed by atoms with Crippen LogP contribution >= 0.6 is 0 Å². The number of benzene rings is 9. The summed E-state index contributed by atoms with van der Waals surface area (Å²) in [6, 6.07) is 94.0. The Balaban J connectivity index is 0.000000146. The first-order valence-corrected chi connectivity index (χ1v) is 39.8. The van der Waals surface area contributed by atoms with E-state index in [9.17, 15) is 24.0 Å². The quantitative estimate of drug-likeness (QED) is 0.0455. The Bertz CT molecular complexity index is 4370. The molecule has 1 N–H and O–H groups in total. The molecule has 6 saturated heterocycles. The number of para-hydroxylation sites is 3. The fourth-order valence-corrected chi connectivity index (χ4v) is 18.1. The number of nitrogens with zero attached hydrogens (tertiary/aromatic N) is 10. The van der Waals surface area contributed by atoms with E-state index in [1.54, 1.807) is 16.7 Å². The summed E-state index contributed by atoms with van der Waals surface area (Å²) in [6.07, 6.45) is 7.37. The van der Waals surface area contributed by atoms with Crippen molar-refractivity contribution >= 4 is 46.7 Å². The zero-order valence-electron chi connectivity index (χ0n) is 64.7. The highest BCUT2D eigenvalue weighted by atomic mass is 16.5. The summed E-state index contributed by atoms with van der Waals surface area (Å²) in [4.78, 5) is 89.7. The van der Waals surface area contributed by atoms with Gasteiger partial charge in [0, 0.05) is 82.3 Å². The van der Waals surface area contributed by atoms with Gasteiger partial charge in [0.2, 0.25) is 24.3 Å². The minimum Gasteiger partial charge on any atom is -0.465 e. The van der Waals surface area contributed by atoms with Crippen LogP contribution in [0.1, 0.15) is 110 Å². The largest absolute Gasteiger partial charge is 0.465 e. The number of likely N-dealkylation sites (N-methyl/N-ethyl adjacent to an activating group) is 1. The number of carbonyl (C=O) groups excluding carboxylic acids is 5. The van der Waals surface area contributed by atoms with Crippen LogP contribution in [-0.2, 0) is 34.1 Å². The average molecular weight is 1490 g/mol. The lowest BCUT2D eigenvalue weighted by molar-refractivity contribution is -0.148. The zero-order valence-corrected chi connectivity index (χ0v) is 64.7. The van der Waals surface area contributed by atoms with Gasteiger partial charge >= 0.3 is 5.97 Å². The van der Waals surface area contributed by atoms with E-state index in [4.69, 9.17) is 11.3 Å². The first-order chi connectivity index (χ1) is 54.3. The lowest BCUT2D eigenvalue weighted by atomic mass is 9.70. The number of esters is 1. The molecule has 4 amide bonds. The molecule has 0 saturated carbocycles.